The molecule has 0 aromatic rings. The highest BCUT2D eigenvalue weighted by Gasteiger charge is 2.22. The van der Waals surface area contributed by atoms with E-state index in [9.17, 15) is 0 Å². The van der Waals surface area contributed by atoms with E-state index in [2.05, 4.69) is 38.6 Å². The van der Waals surface area contributed by atoms with E-state index in [1.165, 1.54) is 96.3 Å². The Balaban J connectivity index is 3.25. The molecule has 0 heterocycles. The van der Waals surface area contributed by atoms with Gasteiger partial charge in [0.2, 0.25) is 0 Å². The van der Waals surface area contributed by atoms with Crippen LogP contribution < -0.4 is 10.6 Å². The number of rotatable bonds is 18. The van der Waals surface area contributed by atoms with Crippen LogP contribution >= 0.6 is 0 Å². The average molecular weight is 327 g/mol. The fourth-order valence-electron chi connectivity index (χ4n) is 3.53. The minimum atomic E-state index is 0.164. The van der Waals surface area contributed by atoms with Crippen LogP contribution in [0.2, 0.25) is 0 Å². The van der Waals surface area contributed by atoms with Gasteiger partial charge in [-0.15, -0.1) is 0 Å². The third-order valence-corrected chi connectivity index (χ3v) is 5.52. The van der Waals surface area contributed by atoms with Gasteiger partial charge >= 0.3 is 0 Å². The molecule has 0 saturated carbocycles. The molecule has 0 rings (SSSR count). The summed E-state index contributed by atoms with van der Waals surface area (Å²) in [6.45, 7) is 4.55. The van der Waals surface area contributed by atoms with Crippen LogP contribution in [0.15, 0.2) is 0 Å². The van der Waals surface area contributed by atoms with Gasteiger partial charge in [0.25, 0.3) is 0 Å². The summed E-state index contributed by atoms with van der Waals surface area (Å²) in [5, 5.41) is 6.90. The van der Waals surface area contributed by atoms with Crippen LogP contribution in [-0.4, -0.2) is 19.8 Å². The summed E-state index contributed by atoms with van der Waals surface area (Å²) in [5.74, 6) is 0. The number of hydrogen-bond donors (Lipinski definition) is 2. The van der Waals surface area contributed by atoms with E-state index >= 15 is 0 Å². The molecule has 0 bridgehead atoms. The van der Waals surface area contributed by atoms with Gasteiger partial charge in [-0.25, -0.2) is 0 Å². The summed E-state index contributed by atoms with van der Waals surface area (Å²) in [6.07, 6.45) is 22.5. The zero-order valence-corrected chi connectivity index (χ0v) is 16.8. The quantitative estimate of drug-likeness (QED) is 0.225. The average Bonchev–Trinajstić information content (AvgIpc) is 2.59. The van der Waals surface area contributed by atoms with Crippen LogP contribution in [0.25, 0.3) is 0 Å². The Morgan fingerprint density at radius 2 is 0.870 bits per heavy atom. The van der Waals surface area contributed by atoms with Crippen molar-refractivity contribution in [1.29, 1.82) is 0 Å². The van der Waals surface area contributed by atoms with Gasteiger partial charge in [-0.3, -0.25) is 0 Å². The monoisotopic (exact) mass is 326 g/mol. The molecule has 0 atom stereocenters. The Kier molecular flexibility index (Phi) is 16.7. The zero-order chi connectivity index (χ0) is 17.2. The first kappa shape index (κ1) is 22.9. The molecular weight excluding hydrogens is 280 g/mol. The van der Waals surface area contributed by atoms with E-state index in [1.54, 1.807) is 0 Å². The summed E-state index contributed by atoms with van der Waals surface area (Å²) < 4.78 is 0. The van der Waals surface area contributed by atoms with Crippen molar-refractivity contribution in [3.8, 4) is 0 Å². The first-order chi connectivity index (χ1) is 11.2. The zero-order valence-electron chi connectivity index (χ0n) is 16.8. The maximum absolute atomic E-state index is 3.45. The van der Waals surface area contributed by atoms with Gasteiger partial charge in [0.15, 0.2) is 0 Å². The first-order valence-electron chi connectivity index (χ1n) is 10.6. The summed E-state index contributed by atoms with van der Waals surface area (Å²) in [5.41, 5.74) is 0.164. The molecule has 0 aliphatic rings. The number of unbranched alkanes of at least 4 members (excludes halogenated alkanes) is 13. The molecule has 0 radical (unpaired) electrons. The van der Waals surface area contributed by atoms with E-state index < -0.39 is 0 Å². The van der Waals surface area contributed by atoms with Gasteiger partial charge in [0.1, 0.15) is 0 Å². The van der Waals surface area contributed by atoms with Gasteiger partial charge < -0.3 is 10.6 Å². The lowest BCUT2D eigenvalue weighted by molar-refractivity contribution is 0.254. The van der Waals surface area contributed by atoms with Crippen LogP contribution in [0, 0.1) is 0 Å². The molecule has 0 aromatic heterocycles. The Morgan fingerprint density at radius 1 is 0.522 bits per heavy atom. The highest BCUT2D eigenvalue weighted by molar-refractivity contribution is 4.80. The van der Waals surface area contributed by atoms with Crippen LogP contribution in [0.1, 0.15) is 117 Å². The predicted octanol–water partition coefficient (Wildman–Crippen LogP) is 6.40. The molecule has 0 saturated heterocycles. The lowest BCUT2D eigenvalue weighted by atomic mass is 9.98. The molecule has 2 heteroatoms. The molecule has 0 unspecified atom stereocenters. The molecule has 23 heavy (non-hydrogen) atoms. The largest absolute Gasteiger partial charge is 0.302 e. The molecule has 2 nitrogen and oxygen atoms in total. The summed E-state index contributed by atoms with van der Waals surface area (Å²) in [6, 6.07) is 0. The van der Waals surface area contributed by atoms with Crippen LogP contribution in [-0.2, 0) is 0 Å². The first-order valence-corrected chi connectivity index (χ1v) is 10.6. The van der Waals surface area contributed by atoms with E-state index in [1.807, 2.05) is 0 Å². The Hall–Kier alpha value is -0.0800. The lowest BCUT2D eigenvalue weighted by Gasteiger charge is -2.32. The SMILES string of the molecule is CCCCCCCCCCCCCCCCC(CC)(NC)NC. The number of nitrogens with one attached hydrogen (secondary N) is 2. The topological polar surface area (TPSA) is 24.1 Å². The fraction of sp³-hybridized carbons (Fsp3) is 1.00. The summed E-state index contributed by atoms with van der Waals surface area (Å²) in [7, 11) is 4.15. The van der Waals surface area contributed by atoms with Crippen molar-refractivity contribution >= 4 is 0 Å². The van der Waals surface area contributed by atoms with Crippen molar-refractivity contribution < 1.29 is 0 Å². The van der Waals surface area contributed by atoms with Crippen LogP contribution in [0.4, 0.5) is 0 Å². The molecule has 0 aliphatic carbocycles. The second-order valence-corrected chi connectivity index (χ2v) is 7.28. The van der Waals surface area contributed by atoms with Crippen LogP contribution in [0.5, 0.6) is 0 Å². The van der Waals surface area contributed by atoms with Gasteiger partial charge in [0.05, 0.1) is 5.66 Å². The van der Waals surface area contributed by atoms with Gasteiger partial charge in [-0.1, -0.05) is 104 Å². The molecule has 0 aliphatic heterocycles. The predicted molar refractivity (Wildman–Crippen MR) is 106 cm³/mol. The van der Waals surface area contributed by atoms with Crippen molar-refractivity contribution in [2.75, 3.05) is 14.1 Å². The van der Waals surface area contributed by atoms with Crippen molar-refractivity contribution in [1.82, 2.24) is 10.6 Å². The highest BCUT2D eigenvalue weighted by Crippen LogP contribution is 2.17. The standard InChI is InChI=1S/C21H46N2/c1-5-7-8-9-10-11-12-13-14-15-16-17-18-19-20-21(6-2,22-3)23-4/h22-23H,5-20H2,1-4H3. The third-order valence-electron chi connectivity index (χ3n) is 5.52. The van der Waals surface area contributed by atoms with Crippen molar-refractivity contribution in [2.45, 2.75) is 122 Å². The maximum atomic E-state index is 3.45. The highest BCUT2D eigenvalue weighted by atomic mass is 15.2. The van der Waals surface area contributed by atoms with Crippen molar-refractivity contribution in [3.63, 3.8) is 0 Å². The second-order valence-electron chi connectivity index (χ2n) is 7.28. The van der Waals surface area contributed by atoms with Gasteiger partial charge in [0, 0.05) is 0 Å². The smallest absolute Gasteiger partial charge is 0.0679 e. The third kappa shape index (κ3) is 12.9. The van der Waals surface area contributed by atoms with Crippen molar-refractivity contribution in [3.05, 3.63) is 0 Å². The van der Waals surface area contributed by atoms with E-state index in [0.29, 0.717) is 0 Å². The van der Waals surface area contributed by atoms with Gasteiger partial charge in [-0.05, 0) is 26.9 Å². The van der Waals surface area contributed by atoms with Gasteiger partial charge in [-0.2, -0.15) is 0 Å². The Morgan fingerprint density at radius 3 is 1.17 bits per heavy atom. The molecule has 2 N–H and O–H groups in total. The maximum Gasteiger partial charge on any atom is 0.0679 e. The summed E-state index contributed by atoms with van der Waals surface area (Å²) >= 11 is 0. The van der Waals surface area contributed by atoms with E-state index in [-0.39, 0.29) is 5.66 Å². The Bertz CT molecular complexity index is 216. The van der Waals surface area contributed by atoms with Crippen LogP contribution in [0.3, 0.4) is 0 Å². The molecular formula is C21H46N2. The van der Waals surface area contributed by atoms with Crippen molar-refractivity contribution in [2.24, 2.45) is 0 Å². The normalized spacial score (nSPS) is 12.0. The molecule has 0 aromatic carbocycles. The second kappa shape index (κ2) is 16.8. The number of hydrogen-bond acceptors (Lipinski definition) is 2. The van der Waals surface area contributed by atoms with E-state index in [0.717, 1.165) is 6.42 Å². The molecule has 0 fully saturated rings. The summed E-state index contributed by atoms with van der Waals surface area (Å²) in [4.78, 5) is 0. The fourth-order valence-corrected chi connectivity index (χ4v) is 3.53. The Labute approximate surface area is 147 Å². The minimum absolute atomic E-state index is 0.164. The minimum Gasteiger partial charge on any atom is -0.302 e. The van der Waals surface area contributed by atoms with E-state index in [4.69, 9.17) is 0 Å². The molecule has 0 spiro atoms. The molecule has 0 amide bonds. The molecule has 140 valence electrons. The lowest BCUT2D eigenvalue weighted by Crippen LogP contribution is -2.53.